The number of hydrogen-bond donors (Lipinski definition) is 0. The smallest absolute Gasteiger partial charge is 0.312 e. The second-order valence-electron chi connectivity index (χ2n) is 8.15. The maximum atomic E-state index is 13.6. The molecular weight excluding hydrogens is 380 g/mol. The van der Waals surface area contributed by atoms with Crippen molar-refractivity contribution in [2.75, 3.05) is 7.11 Å². The highest BCUT2D eigenvalue weighted by atomic mass is 32.2. The molecule has 0 aliphatic heterocycles. The summed E-state index contributed by atoms with van der Waals surface area (Å²) in [4.78, 5) is 12.8. The lowest BCUT2D eigenvalue weighted by atomic mass is 9.78. The highest BCUT2D eigenvalue weighted by Crippen LogP contribution is 2.53. The van der Waals surface area contributed by atoms with E-state index in [9.17, 15) is 13.2 Å². The van der Waals surface area contributed by atoms with Gasteiger partial charge in [-0.25, -0.2) is 8.42 Å². The number of carbonyl (C=O) groups is 1. The summed E-state index contributed by atoms with van der Waals surface area (Å²) in [5.74, 6) is 0.447. The molecule has 2 aromatic rings. The molecule has 1 unspecified atom stereocenters. The van der Waals surface area contributed by atoms with E-state index < -0.39 is 32.1 Å². The molecule has 3 rings (SSSR count). The Morgan fingerprint density at radius 2 is 1.79 bits per heavy atom. The molecule has 0 spiro atoms. The molecule has 1 aliphatic rings. The predicted octanol–water partition coefficient (Wildman–Crippen LogP) is 4.32. The molecule has 0 bridgehead atoms. The van der Waals surface area contributed by atoms with Crippen LogP contribution in [0.3, 0.4) is 0 Å². The van der Waals surface area contributed by atoms with E-state index in [1.54, 1.807) is 45.0 Å². The Balaban J connectivity index is 2.06. The number of furan rings is 1. The average Bonchev–Trinajstić information content (AvgIpc) is 3.13. The van der Waals surface area contributed by atoms with Crippen molar-refractivity contribution in [2.24, 2.45) is 5.41 Å². The molecule has 0 radical (unpaired) electrons. The molecule has 0 N–H and O–H groups in total. The lowest BCUT2D eigenvalue weighted by molar-refractivity contribution is -0.163. The van der Waals surface area contributed by atoms with Gasteiger partial charge in [-0.3, -0.25) is 4.79 Å². The molecule has 28 heavy (non-hydrogen) atoms. The molecule has 0 amide bonds. The third kappa shape index (κ3) is 3.43. The van der Waals surface area contributed by atoms with Gasteiger partial charge in [-0.15, -0.1) is 0 Å². The molecule has 1 aliphatic carbocycles. The number of benzene rings is 1. The van der Waals surface area contributed by atoms with Gasteiger partial charge in [-0.1, -0.05) is 0 Å². The first-order valence-electron chi connectivity index (χ1n) is 9.25. The Kier molecular flexibility index (Phi) is 5.32. The van der Waals surface area contributed by atoms with Crippen molar-refractivity contribution in [2.45, 2.75) is 55.8 Å². The molecule has 0 saturated heterocycles. The molecule has 1 saturated carbocycles. The fourth-order valence-corrected chi connectivity index (χ4v) is 5.57. The van der Waals surface area contributed by atoms with Crippen molar-refractivity contribution >= 4 is 15.8 Å². The van der Waals surface area contributed by atoms with E-state index in [0.717, 1.165) is 6.42 Å². The summed E-state index contributed by atoms with van der Waals surface area (Å²) in [5, 5.41) is 0. The standard InChI is InChI=1S/C21H26O6S/c1-20(2,3)19(22)27-18(17-7-5-14-26-17)21(12-6-13-21)28(23,24)16-10-8-15(25-4)9-11-16/h5,7-11,14,18H,6,12-13H2,1-4H3. The average molecular weight is 407 g/mol. The zero-order chi connectivity index (χ0) is 20.6. The van der Waals surface area contributed by atoms with E-state index in [1.807, 2.05) is 0 Å². The van der Waals surface area contributed by atoms with Crippen LogP contribution >= 0.6 is 0 Å². The lowest BCUT2D eigenvalue weighted by Gasteiger charge is -2.45. The first-order chi connectivity index (χ1) is 13.1. The van der Waals surface area contributed by atoms with Crippen LogP contribution in [0.4, 0.5) is 0 Å². The molecular formula is C21H26O6S. The molecule has 7 heteroatoms. The van der Waals surface area contributed by atoms with Gasteiger partial charge in [-0.05, 0) is 76.4 Å². The lowest BCUT2D eigenvalue weighted by Crippen LogP contribution is -2.52. The van der Waals surface area contributed by atoms with E-state index in [-0.39, 0.29) is 4.90 Å². The highest BCUT2D eigenvalue weighted by Gasteiger charge is 2.58. The number of rotatable bonds is 6. The Morgan fingerprint density at radius 1 is 1.14 bits per heavy atom. The van der Waals surface area contributed by atoms with Crippen molar-refractivity contribution in [3.63, 3.8) is 0 Å². The third-order valence-electron chi connectivity index (χ3n) is 5.22. The summed E-state index contributed by atoms with van der Waals surface area (Å²) >= 11 is 0. The number of methoxy groups -OCH3 is 1. The summed E-state index contributed by atoms with van der Waals surface area (Å²) < 4.78 is 42.4. The maximum absolute atomic E-state index is 13.6. The van der Waals surface area contributed by atoms with Crippen LogP contribution in [0.15, 0.2) is 52.0 Å². The SMILES string of the molecule is COc1ccc(S(=O)(=O)C2(C(OC(=O)C(C)(C)C)c3ccco3)CCC2)cc1. The fourth-order valence-electron chi connectivity index (χ4n) is 3.34. The van der Waals surface area contributed by atoms with Crippen molar-refractivity contribution in [3.05, 3.63) is 48.4 Å². The van der Waals surface area contributed by atoms with E-state index in [1.165, 1.54) is 25.5 Å². The topological polar surface area (TPSA) is 82.8 Å². The summed E-state index contributed by atoms with van der Waals surface area (Å²) in [6.45, 7) is 5.21. The summed E-state index contributed by atoms with van der Waals surface area (Å²) in [5.41, 5.74) is -0.764. The van der Waals surface area contributed by atoms with Crippen LogP contribution in [0.5, 0.6) is 5.75 Å². The van der Waals surface area contributed by atoms with Gasteiger partial charge in [0.2, 0.25) is 0 Å². The molecule has 1 aromatic carbocycles. The number of esters is 1. The van der Waals surface area contributed by atoms with Gasteiger partial charge in [0.1, 0.15) is 16.3 Å². The first kappa shape index (κ1) is 20.5. The van der Waals surface area contributed by atoms with Crippen LogP contribution in [-0.2, 0) is 19.4 Å². The molecule has 1 heterocycles. The third-order valence-corrected chi connectivity index (χ3v) is 7.81. The van der Waals surface area contributed by atoms with Crippen LogP contribution in [0.1, 0.15) is 51.9 Å². The van der Waals surface area contributed by atoms with E-state index in [0.29, 0.717) is 24.4 Å². The minimum absolute atomic E-state index is 0.177. The van der Waals surface area contributed by atoms with E-state index in [4.69, 9.17) is 13.9 Å². The largest absolute Gasteiger partial charge is 0.497 e. The fraction of sp³-hybridized carbons (Fsp3) is 0.476. The Bertz CT molecular complexity index is 916. The molecule has 152 valence electrons. The van der Waals surface area contributed by atoms with Gasteiger partial charge < -0.3 is 13.9 Å². The van der Waals surface area contributed by atoms with Crippen LogP contribution in [0.25, 0.3) is 0 Å². The van der Waals surface area contributed by atoms with Gasteiger partial charge in [0.05, 0.1) is 23.7 Å². The molecule has 1 atom stereocenters. The summed E-state index contributed by atoms with van der Waals surface area (Å²) in [7, 11) is -2.27. The van der Waals surface area contributed by atoms with Gasteiger partial charge in [0.25, 0.3) is 0 Å². The summed E-state index contributed by atoms with van der Waals surface area (Å²) in [6, 6.07) is 9.60. The molecule has 1 fully saturated rings. The van der Waals surface area contributed by atoms with E-state index >= 15 is 0 Å². The van der Waals surface area contributed by atoms with Crippen LogP contribution in [0, 0.1) is 5.41 Å². The number of carbonyl (C=O) groups excluding carboxylic acids is 1. The van der Waals surface area contributed by atoms with Crippen LogP contribution < -0.4 is 4.74 Å². The minimum atomic E-state index is -3.80. The molecule has 6 nitrogen and oxygen atoms in total. The van der Waals surface area contributed by atoms with Gasteiger partial charge >= 0.3 is 5.97 Å². The second kappa shape index (κ2) is 7.28. The Morgan fingerprint density at radius 3 is 2.21 bits per heavy atom. The Labute approximate surface area is 165 Å². The minimum Gasteiger partial charge on any atom is -0.497 e. The maximum Gasteiger partial charge on any atom is 0.312 e. The second-order valence-corrected chi connectivity index (χ2v) is 10.4. The Hall–Kier alpha value is -2.28. The zero-order valence-corrected chi connectivity index (χ0v) is 17.4. The van der Waals surface area contributed by atoms with Gasteiger partial charge in [0.15, 0.2) is 15.9 Å². The van der Waals surface area contributed by atoms with Crippen LogP contribution in [-0.4, -0.2) is 26.2 Å². The zero-order valence-electron chi connectivity index (χ0n) is 16.6. The normalized spacial score (nSPS) is 17.4. The highest BCUT2D eigenvalue weighted by molar-refractivity contribution is 7.93. The number of sulfone groups is 1. The molecule has 1 aromatic heterocycles. The van der Waals surface area contributed by atoms with Crippen molar-refractivity contribution in [1.82, 2.24) is 0 Å². The van der Waals surface area contributed by atoms with Gasteiger partial charge in [-0.2, -0.15) is 0 Å². The van der Waals surface area contributed by atoms with Crippen molar-refractivity contribution < 1.29 is 27.1 Å². The van der Waals surface area contributed by atoms with Crippen molar-refractivity contribution in [3.8, 4) is 5.75 Å². The number of ether oxygens (including phenoxy) is 2. The summed E-state index contributed by atoms with van der Waals surface area (Å²) in [6.07, 6.45) is 1.98. The predicted molar refractivity (Wildman–Crippen MR) is 104 cm³/mol. The number of hydrogen-bond acceptors (Lipinski definition) is 6. The van der Waals surface area contributed by atoms with Crippen LogP contribution in [0.2, 0.25) is 0 Å². The van der Waals surface area contributed by atoms with E-state index in [2.05, 4.69) is 0 Å². The first-order valence-corrected chi connectivity index (χ1v) is 10.7. The quantitative estimate of drug-likeness (QED) is 0.665. The van der Waals surface area contributed by atoms with Crippen molar-refractivity contribution in [1.29, 1.82) is 0 Å². The van der Waals surface area contributed by atoms with Gasteiger partial charge in [0, 0.05) is 0 Å². The monoisotopic (exact) mass is 406 g/mol.